The van der Waals surface area contributed by atoms with Crippen LogP contribution < -0.4 is 24.7 Å². The fourth-order valence-electron chi connectivity index (χ4n) is 4.47. The van der Waals surface area contributed by atoms with E-state index in [9.17, 15) is 10.1 Å². The van der Waals surface area contributed by atoms with Crippen molar-refractivity contribution in [1.82, 2.24) is 0 Å². The predicted octanol–water partition coefficient (Wildman–Crippen LogP) is 6.49. The van der Waals surface area contributed by atoms with E-state index in [1.54, 1.807) is 42.5 Å². The lowest BCUT2D eigenvalue weighted by atomic mass is 9.83. The van der Waals surface area contributed by atoms with Crippen LogP contribution in [0, 0.1) is 11.3 Å². The second-order valence-corrected chi connectivity index (χ2v) is 9.24. The topological polar surface area (TPSA) is 104 Å². The fourth-order valence-corrected chi connectivity index (χ4v) is 4.47. The van der Waals surface area contributed by atoms with Crippen molar-refractivity contribution in [1.29, 1.82) is 5.26 Å². The van der Waals surface area contributed by atoms with E-state index in [-0.39, 0.29) is 11.6 Å². The minimum atomic E-state index is -0.529. The van der Waals surface area contributed by atoms with Crippen molar-refractivity contribution in [2.75, 3.05) is 6.61 Å². The highest BCUT2D eigenvalue weighted by Gasteiger charge is 2.31. The minimum Gasteiger partial charge on any atom is -0.494 e. The standard InChI is InChI=1S/C33H28N2O5/c1-2-16-37-25-12-7-11-24(18-25)33(36)39-27-14-15-28-30(19-27)40-32(35)29(20-34)31(28)23-10-6-13-26(17-23)38-21-22-8-4-3-5-9-22/h3-15,17-19,31H,2,16,21,35H2,1H3. The second-order valence-electron chi connectivity index (χ2n) is 9.24. The summed E-state index contributed by atoms with van der Waals surface area (Å²) in [5.74, 6) is 0.952. The zero-order chi connectivity index (χ0) is 27.9. The molecule has 40 heavy (non-hydrogen) atoms. The molecule has 5 rings (SSSR count). The van der Waals surface area contributed by atoms with Gasteiger partial charge in [0.1, 0.15) is 41.2 Å². The summed E-state index contributed by atoms with van der Waals surface area (Å²) in [5.41, 5.74) is 9.44. The number of hydrogen-bond acceptors (Lipinski definition) is 7. The maximum atomic E-state index is 12.8. The van der Waals surface area contributed by atoms with Crippen LogP contribution in [0.4, 0.5) is 0 Å². The Balaban J connectivity index is 1.39. The van der Waals surface area contributed by atoms with Crippen molar-refractivity contribution in [2.45, 2.75) is 25.9 Å². The van der Waals surface area contributed by atoms with Crippen LogP contribution in [-0.2, 0) is 6.61 Å². The van der Waals surface area contributed by atoms with Gasteiger partial charge in [0.05, 0.1) is 18.1 Å². The number of nitrogens with zero attached hydrogens (tertiary/aromatic N) is 1. The van der Waals surface area contributed by atoms with Gasteiger partial charge >= 0.3 is 5.97 Å². The zero-order valence-electron chi connectivity index (χ0n) is 22.0. The Morgan fingerprint density at radius 2 is 1.68 bits per heavy atom. The highest BCUT2D eigenvalue weighted by Crippen LogP contribution is 2.44. The van der Waals surface area contributed by atoms with Crippen LogP contribution in [-0.4, -0.2) is 12.6 Å². The molecule has 4 aromatic rings. The van der Waals surface area contributed by atoms with Crippen molar-refractivity contribution in [3.8, 4) is 29.1 Å². The smallest absolute Gasteiger partial charge is 0.343 e. The van der Waals surface area contributed by atoms with Crippen LogP contribution >= 0.6 is 0 Å². The molecule has 7 nitrogen and oxygen atoms in total. The first-order chi connectivity index (χ1) is 19.6. The first-order valence-corrected chi connectivity index (χ1v) is 13.0. The summed E-state index contributed by atoms with van der Waals surface area (Å²) >= 11 is 0. The quantitative estimate of drug-likeness (QED) is 0.194. The van der Waals surface area contributed by atoms with Crippen LogP contribution in [0.15, 0.2) is 109 Å². The van der Waals surface area contributed by atoms with Gasteiger partial charge < -0.3 is 24.7 Å². The third kappa shape index (κ3) is 5.92. The van der Waals surface area contributed by atoms with Gasteiger partial charge in [-0.15, -0.1) is 0 Å². The maximum Gasteiger partial charge on any atom is 0.343 e. The van der Waals surface area contributed by atoms with Gasteiger partial charge in [-0.25, -0.2) is 4.79 Å². The van der Waals surface area contributed by atoms with Crippen molar-refractivity contribution in [3.63, 3.8) is 0 Å². The Morgan fingerprint density at radius 1 is 0.900 bits per heavy atom. The van der Waals surface area contributed by atoms with Crippen LogP contribution in [0.25, 0.3) is 0 Å². The number of hydrogen-bond donors (Lipinski definition) is 1. The molecule has 1 unspecified atom stereocenters. The van der Waals surface area contributed by atoms with Crippen LogP contribution in [0.1, 0.15) is 46.3 Å². The number of rotatable bonds is 9. The molecular formula is C33H28N2O5. The van der Waals surface area contributed by atoms with Crippen LogP contribution in [0.5, 0.6) is 23.0 Å². The lowest BCUT2D eigenvalue weighted by Gasteiger charge is -2.27. The van der Waals surface area contributed by atoms with Gasteiger partial charge in [-0.05, 0) is 53.9 Å². The summed E-state index contributed by atoms with van der Waals surface area (Å²) < 4.78 is 23.1. The monoisotopic (exact) mass is 532 g/mol. The number of nitriles is 1. The molecule has 0 aliphatic carbocycles. The number of nitrogens with two attached hydrogens (primary N) is 1. The number of benzene rings is 4. The molecule has 0 radical (unpaired) electrons. The summed E-state index contributed by atoms with van der Waals surface area (Å²) in [6.45, 7) is 2.99. The molecule has 0 fully saturated rings. The minimum absolute atomic E-state index is 0.000132. The fraction of sp³-hybridized carbons (Fsp3) is 0.152. The Kier molecular flexibility index (Phi) is 7.98. The van der Waals surface area contributed by atoms with E-state index in [1.807, 2.05) is 61.5 Å². The lowest BCUT2D eigenvalue weighted by Crippen LogP contribution is -2.21. The molecule has 0 saturated carbocycles. The highest BCUT2D eigenvalue weighted by molar-refractivity contribution is 5.91. The van der Waals surface area contributed by atoms with Gasteiger partial charge in [-0.2, -0.15) is 5.26 Å². The first kappa shape index (κ1) is 26.4. The normalized spacial score (nSPS) is 13.9. The Morgan fingerprint density at radius 3 is 2.45 bits per heavy atom. The van der Waals surface area contributed by atoms with Gasteiger partial charge in [0, 0.05) is 11.6 Å². The Bertz CT molecular complexity index is 1590. The average Bonchev–Trinajstić information content (AvgIpc) is 2.99. The molecule has 0 bridgehead atoms. The molecule has 7 heteroatoms. The van der Waals surface area contributed by atoms with Crippen LogP contribution in [0.3, 0.4) is 0 Å². The van der Waals surface area contributed by atoms with E-state index in [1.165, 1.54) is 0 Å². The summed E-state index contributed by atoms with van der Waals surface area (Å²) in [4.78, 5) is 12.8. The van der Waals surface area contributed by atoms with Gasteiger partial charge in [0.2, 0.25) is 5.88 Å². The molecule has 4 aromatic carbocycles. The summed E-state index contributed by atoms with van der Waals surface area (Å²) in [6, 6.07) is 31.6. The van der Waals surface area contributed by atoms with Crippen molar-refractivity contribution < 1.29 is 23.7 Å². The lowest BCUT2D eigenvalue weighted by molar-refractivity contribution is 0.0734. The third-order valence-corrected chi connectivity index (χ3v) is 6.38. The zero-order valence-corrected chi connectivity index (χ0v) is 22.0. The molecule has 0 aromatic heterocycles. The average molecular weight is 533 g/mol. The van der Waals surface area contributed by atoms with Gasteiger partial charge in [-0.1, -0.05) is 61.5 Å². The Labute approximate surface area is 233 Å². The van der Waals surface area contributed by atoms with Gasteiger partial charge in [0.15, 0.2) is 0 Å². The summed E-state index contributed by atoms with van der Waals surface area (Å²) in [7, 11) is 0. The largest absolute Gasteiger partial charge is 0.494 e. The van der Waals surface area contributed by atoms with Crippen molar-refractivity contribution >= 4 is 5.97 Å². The van der Waals surface area contributed by atoms with Crippen LogP contribution in [0.2, 0.25) is 0 Å². The first-order valence-electron chi connectivity index (χ1n) is 13.0. The molecule has 1 aliphatic heterocycles. The predicted molar refractivity (Wildman–Crippen MR) is 150 cm³/mol. The number of ether oxygens (including phenoxy) is 4. The highest BCUT2D eigenvalue weighted by atomic mass is 16.5. The molecule has 1 heterocycles. The molecule has 2 N–H and O–H groups in total. The third-order valence-electron chi connectivity index (χ3n) is 6.38. The number of carbonyl (C=O) groups excluding carboxylic acids is 1. The number of carbonyl (C=O) groups is 1. The van der Waals surface area contributed by atoms with E-state index in [4.69, 9.17) is 24.7 Å². The number of fused-ring (bicyclic) bond motifs is 1. The number of esters is 1. The summed E-state index contributed by atoms with van der Waals surface area (Å²) in [5, 5.41) is 9.94. The van der Waals surface area contributed by atoms with E-state index in [2.05, 4.69) is 6.07 Å². The van der Waals surface area contributed by atoms with E-state index in [0.717, 1.165) is 23.1 Å². The SMILES string of the molecule is CCCOc1cccc(C(=O)Oc2ccc3c(c2)OC(N)=C(C#N)C3c2cccc(OCc3ccccc3)c2)c1. The molecule has 1 atom stereocenters. The summed E-state index contributed by atoms with van der Waals surface area (Å²) in [6.07, 6.45) is 0.862. The van der Waals surface area contributed by atoms with E-state index in [0.29, 0.717) is 41.6 Å². The second kappa shape index (κ2) is 12.1. The van der Waals surface area contributed by atoms with Crippen molar-refractivity contribution in [2.24, 2.45) is 5.73 Å². The Hall–Kier alpha value is -5.22. The van der Waals surface area contributed by atoms with E-state index < -0.39 is 11.9 Å². The molecule has 200 valence electrons. The van der Waals surface area contributed by atoms with E-state index >= 15 is 0 Å². The molecule has 0 saturated heterocycles. The number of allylic oxidation sites excluding steroid dienone is 1. The van der Waals surface area contributed by atoms with Crippen molar-refractivity contribution in [3.05, 3.63) is 131 Å². The molecule has 0 amide bonds. The van der Waals surface area contributed by atoms with Gasteiger partial charge in [-0.3, -0.25) is 0 Å². The molecule has 0 spiro atoms. The van der Waals surface area contributed by atoms with Gasteiger partial charge in [0.25, 0.3) is 0 Å². The molecular weight excluding hydrogens is 504 g/mol. The molecule has 1 aliphatic rings. The maximum absolute atomic E-state index is 12.8.